The van der Waals surface area contributed by atoms with Crippen LogP contribution in [0, 0.1) is 5.92 Å². The lowest BCUT2D eigenvalue weighted by atomic mass is 10.2. The van der Waals surface area contributed by atoms with Gasteiger partial charge in [0.1, 0.15) is 11.5 Å². The van der Waals surface area contributed by atoms with E-state index < -0.39 is 0 Å². The molecule has 0 saturated carbocycles. The third kappa shape index (κ3) is 6.19. The normalized spacial score (nSPS) is 11.0. The van der Waals surface area contributed by atoms with Gasteiger partial charge < -0.3 is 9.47 Å². The highest BCUT2D eigenvalue weighted by molar-refractivity contribution is 7.14. The third-order valence-corrected chi connectivity index (χ3v) is 4.77. The number of thiazole rings is 1. The molecule has 29 heavy (non-hydrogen) atoms. The van der Waals surface area contributed by atoms with E-state index in [-0.39, 0.29) is 5.91 Å². The summed E-state index contributed by atoms with van der Waals surface area (Å²) in [5.41, 5.74) is 2.71. The van der Waals surface area contributed by atoms with E-state index in [2.05, 4.69) is 24.1 Å². The molecule has 0 spiro atoms. The van der Waals surface area contributed by atoms with Gasteiger partial charge in [0.05, 0.1) is 19.4 Å². The van der Waals surface area contributed by atoms with Crippen LogP contribution in [-0.4, -0.2) is 24.6 Å². The summed E-state index contributed by atoms with van der Waals surface area (Å²) in [6.45, 7) is 4.90. The molecule has 3 aromatic rings. The van der Waals surface area contributed by atoms with Gasteiger partial charge >= 0.3 is 0 Å². The molecule has 1 heterocycles. The van der Waals surface area contributed by atoms with Crippen molar-refractivity contribution in [2.24, 2.45) is 5.92 Å². The number of benzene rings is 2. The number of anilines is 1. The zero-order valence-corrected chi connectivity index (χ0v) is 17.5. The standard InChI is InChI=1S/C23H24N2O3S/c1-16(2)14-28-20-9-4-17(5-10-20)6-13-22(26)25-23-24-21(15-29-23)18-7-11-19(27-3)12-8-18/h4-13,15-16H,14H2,1-3H3,(H,24,25,26)/b13-6-. The minimum absolute atomic E-state index is 0.222. The van der Waals surface area contributed by atoms with E-state index in [1.54, 1.807) is 13.2 Å². The van der Waals surface area contributed by atoms with E-state index in [1.807, 2.05) is 53.9 Å². The number of methoxy groups -OCH3 is 1. The summed E-state index contributed by atoms with van der Waals surface area (Å²) in [6, 6.07) is 15.3. The van der Waals surface area contributed by atoms with Crippen LogP contribution >= 0.6 is 11.3 Å². The van der Waals surface area contributed by atoms with Crippen LogP contribution in [-0.2, 0) is 4.79 Å². The van der Waals surface area contributed by atoms with Crippen LogP contribution in [0.2, 0.25) is 0 Å². The average Bonchev–Trinajstić information content (AvgIpc) is 3.20. The molecule has 6 heteroatoms. The number of amides is 1. The lowest BCUT2D eigenvalue weighted by Crippen LogP contribution is -2.07. The van der Waals surface area contributed by atoms with Crippen molar-refractivity contribution < 1.29 is 14.3 Å². The Bertz CT molecular complexity index is 961. The van der Waals surface area contributed by atoms with E-state index >= 15 is 0 Å². The van der Waals surface area contributed by atoms with Gasteiger partial charge in [-0.2, -0.15) is 0 Å². The Kier molecular flexibility index (Phi) is 7.03. The predicted molar refractivity (Wildman–Crippen MR) is 119 cm³/mol. The maximum atomic E-state index is 12.2. The van der Waals surface area contributed by atoms with Crippen LogP contribution in [0.4, 0.5) is 5.13 Å². The molecule has 0 unspecified atom stereocenters. The number of hydrogen-bond donors (Lipinski definition) is 1. The van der Waals surface area contributed by atoms with Gasteiger partial charge in [0, 0.05) is 17.0 Å². The van der Waals surface area contributed by atoms with Crippen molar-refractivity contribution >= 4 is 28.5 Å². The molecule has 1 aromatic heterocycles. The Labute approximate surface area is 175 Å². The Balaban J connectivity index is 1.55. The van der Waals surface area contributed by atoms with E-state index in [4.69, 9.17) is 9.47 Å². The Hall–Kier alpha value is -3.12. The van der Waals surface area contributed by atoms with Crippen LogP contribution in [0.25, 0.3) is 17.3 Å². The van der Waals surface area contributed by atoms with E-state index in [1.165, 1.54) is 17.4 Å². The van der Waals surface area contributed by atoms with Gasteiger partial charge in [-0.25, -0.2) is 4.98 Å². The highest BCUT2D eigenvalue weighted by atomic mass is 32.1. The summed E-state index contributed by atoms with van der Waals surface area (Å²) in [4.78, 5) is 16.7. The number of ether oxygens (including phenoxy) is 2. The number of hydrogen-bond acceptors (Lipinski definition) is 5. The van der Waals surface area contributed by atoms with Crippen LogP contribution in [0.15, 0.2) is 60.0 Å². The molecule has 0 aliphatic carbocycles. The number of nitrogens with one attached hydrogen (secondary N) is 1. The number of rotatable bonds is 8. The molecule has 1 amide bonds. The lowest BCUT2D eigenvalue weighted by Gasteiger charge is -2.08. The van der Waals surface area contributed by atoms with Crippen molar-refractivity contribution in [3.63, 3.8) is 0 Å². The Morgan fingerprint density at radius 2 is 1.79 bits per heavy atom. The van der Waals surface area contributed by atoms with Crippen LogP contribution in [0.5, 0.6) is 11.5 Å². The quantitative estimate of drug-likeness (QED) is 0.500. The number of carbonyl (C=O) groups is 1. The molecule has 2 aromatic carbocycles. The van der Waals surface area contributed by atoms with Gasteiger partial charge in [-0.3, -0.25) is 10.1 Å². The first kappa shape index (κ1) is 20.6. The van der Waals surface area contributed by atoms with Gasteiger partial charge in [-0.1, -0.05) is 26.0 Å². The van der Waals surface area contributed by atoms with Gasteiger partial charge in [-0.15, -0.1) is 11.3 Å². The second-order valence-corrected chi connectivity index (χ2v) is 7.72. The first-order chi connectivity index (χ1) is 14.0. The Morgan fingerprint density at radius 3 is 2.45 bits per heavy atom. The summed E-state index contributed by atoms with van der Waals surface area (Å²) in [5.74, 6) is 1.88. The predicted octanol–water partition coefficient (Wildman–Crippen LogP) is 5.51. The first-order valence-corrected chi connectivity index (χ1v) is 10.2. The highest BCUT2D eigenvalue weighted by Crippen LogP contribution is 2.26. The fourth-order valence-corrected chi connectivity index (χ4v) is 3.21. The van der Waals surface area contributed by atoms with Crippen LogP contribution < -0.4 is 14.8 Å². The molecular weight excluding hydrogens is 384 g/mol. The van der Waals surface area contributed by atoms with Gasteiger partial charge in [0.25, 0.3) is 0 Å². The smallest absolute Gasteiger partial charge is 0.250 e. The summed E-state index contributed by atoms with van der Waals surface area (Å²) in [6.07, 6.45) is 3.26. The van der Waals surface area contributed by atoms with Crippen molar-refractivity contribution in [2.45, 2.75) is 13.8 Å². The minimum Gasteiger partial charge on any atom is -0.497 e. The van der Waals surface area contributed by atoms with Crippen molar-refractivity contribution in [3.8, 4) is 22.8 Å². The fourth-order valence-electron chi connectivity index (χ4n) is 2.48. The zero-order valence-electron chi connectivity index (χ0n) is 16.7. The van der Waals surface area contributed by atoms with Crippen molar-refractivity contribution in [2.75, 3.05) is 19.0 Å². The first-order valence-electron chi connectivity index (χ1n) is 9.35. The third-order valence-electron chi connectivity index (χ3n) is 4.01. The number of carbonyl (C=O) groups excluding carboxylic acids is 1. The fraction of sp³-hybridized carbons (Fsp3) is 0.217. The molecule has 0 radical (unpaired) electrons. The van der Waals surface area contributed by atoms with Crippen molar-refractivity contribution in [1.29, 1.82) is 0 Å². The van der Waals surface area contributed by atoms with Crippen molar-refractivity contribution in [1.82, 2.24) is 4.98 Å². The molecule has 3 rings (SSSR count). The maximum absolute atomic E-state index is 12.2. The second kappa shape index (κ2) is 9.89. The largest absolute Gasteiger partial charge is 0.497 e. The molecule has 0 saturated heterocycles. The highest BCUT2D eigenvalue weighted by Gasteiger charge is 2.07. The summed E-state index contributed by atoms with van der Waals surface area (Å²) < 4.78 is 10.8. The van der Waals surface area contributed by atoms with E-state index in [9.17, 15) is 4.79 Å². The maximum Gasteiger partial charge on any atom is 0.250 e. The lowest BCUT2D eigenvalue weighted by molar-refractivity contribution is -0.111. The average molecular weight is 409 g/mol. The van der Waals surface area contributed by atoms with E-state index in [0.29, 0.717) is 17.7 Å². The van der Waals surface area contributed by atoms with Crippen LogP contribution in [0.3, 0.4) is 0 Å². The summed E-state index contributed by atoms with van der Waals surface area (Å²) in [7, 11) is 1.63. The van der Waals surface area contributed by atoms with Crippen molar-refractivity contribution in [3.05, 3.63) is 65.6 Å². The monoisotopic (exact) mass is 408 g/mol. The summed E-state index contributed by atoms with van der Waals surface area (Å²) in [5, 5.41) is 5.27. The molecule has 150 valence electrons. The zero-order chi connectivity index (χ0) is 20.6. The SMILES string of the molecule is COc1ccc(-c2csc(NC(=O)/C=C\c3ccc(OCC(C)C)cc3)n2)cc1. The van der Waals surface area contributed by atoms with E-state index in [0.717, 1.165) is 28.3 Å². The minimum atomic E-state index is -0.222. The number of aromatic nitrogens is 1. The second-order valence-electron chi connectivity index (χ2n) is 6.86. The van der Waals surface area contributed by atoms with Gasteiger partial charge in [-0.05, 0) is 54.0 Å². The summed E-state index contributed by atoms with van der Waals surface area (Å²) >= 11 is 1.39. The topological polar surface area (TPSA) is 60.5 Å². The molecule has 0 bridgehead atoms. The molecule has 1 N–H and O–H groups in total. The molecule has 0 fully saturated rings. The van der Waals surface area contributed by atoms with Crippen LogP contribution in [0.1, 0.15) is 19.4 Å². The molecule has 0 aliphatic rings. The molecule has 5 nitrogen and oxygen atoms in total. The Morgan fingerprint density at radius 1 is 1.10 bits per heavy atom. The van der Waals surface area contributed by atoms with Gasteiger partial charge in [0.15, 0.2) is 5.13 Å². The van der Waals surface area contributed by atoms with Gasteiger partial charge in [0.2, 0.25) is 5.91 Å². The number of nitrogens with zero attached hydrogens (tertiary/aromatic N) is 1. The molecule has 0 aliphatic heterocycles. The molecule has 0 atom stereocenters. The molecular formula is C23H24N2O3S.